The fourth-order valence-electron chi connectivity index (χ4n) is 2.64. The van der Waals surface area contributed by atoms with Crippen molar-refractivity contribution in [2.75, 3.05) is 16.6 Å². The highest BCUT2D eigenvalue weighted by Crippen LogP contribution is 2.24. The summed E-state index contributed by atoms with van der Waals surface area (Å²) in [5.74, 6) is -0.866. The van der Waals surface area contributed by atoms with Crippen LogP contribution in [0.4, 0.5) is 11.4 Å². The number of rotatable bonds is 7. The highest BCUT2D eigenvalue weighted by Gasteiger charge is 2.17. The first-order valence-corrected chi connectivity index (χ1v) is 11.1. The quantitative estimate of drug-likeness (QED) is 0.505. The molecule has 3 rings (SSSR count). The lowest BCUT2D eigenvalue weighted by Gasteiger charge is -2.10. The van der Waals surface area contributed by atoms with Crippen molar-refractivity contribution < 1.29 is 22.7 Å². The Morgan fingerprint density at radius 3 is 2.13 bits per heavy atom. The first-order valence-electron chi connectivity index (χ1n) is 9.26. The van der Waals surface area contributed by atoms with Crippen LogP contribution in [0.1, 0.15) is 27.6 Å². The molecule has 0 bridgehead atoms. The average Bonchev–Trinajstić information content (AvgIpc) is 2.76. The summed E-state index contributed by atoms with van der Waals surface area (Å²) in [4.78, 5) is 24.1. The van der Waals surface area contributed by atoms with E-state index in [0.29, 0.717) is 11.3 Å². The van der Waals surface area contributed by atoms with Crippen molar-refractivity contribution in [2.24, 2.45) is 0 Å². The molecule has 2 N–H and O–H groups in total. The first kappa shape index (κ1) is 22.3. The van der Waals surface area contributed by atoms with Crippen LogP contribution in [0.2, 0.25) is 5.02 Å². The largest absolute Gasteiger partial charge is 0.462 e. The van der Waals surface area contributed by atoms with Gasteiger partial charge >= 0.3 is 5.97 Å². The predicted octanol–water partition coefficient (Wildman–Crippen LogP) is 4.57. The summed E-state index contributed by atoms with van der Waals surface area (Å²) in [5, 5.41) is 2.96. The number of esters is 1. The molecular weight excluding hydrogens is 440 g/mol. The molecule has 0 aromatic heterocycles. The Hall–Kier alpha value is -3.36. The molecule has 0 atom stereocenters. The second-order valence-electron chi connectivity index (χ2n) is 6.36. The van der Waals surface area contributed by atoms with Crippen molar-refractivity contribution in [1.82, 2.24) is 0 Å². The van der Waals surface area contributed by atoms with Gasteiger partial charge in [-0.1, -0.05) is 23.7 Å². The van der Waals surface area contributed by atoms with Gasteiger partial charge < -0.3 is 10.1 Å². The molecule has 0 radical (unpaired) electrons. The van der Waals surface area contributed by atoms with Gasteiger partial charge in [0.15, 0.2) is 0 Å². The topological polar surface area (TPSA) is 102 Å². The monoisotopic (exact) mass is 458 g/mol. The molecule has 0 unspecified atom stereocenters. The summed E-state index contributed by atoms with van der Waals surface area (Å²) in [6, 6.07) is 18.2. The van der Waals surface area contributed by atoms with E-state index in [0.717, 1.165) is 0 Å². The van der Waals surface area contributed by atoms with Gasteiger partial charge in [-0.15, -0.1) is 0 Å². The second kappa shape index (κ2) is 9.63. The second-order valence-corrected chi connectivity index (χ2v) is 8.45. The lowest BCUT2D eigenvalue weighted by atomic mass is 10.2. The molecule has 0 saturated heterocycles. The van der Waals surface area contributed by atoms with Gasteiger partial charge in [0.25, 0.3) is 15.9 Å². The Bertz CT molecular complexity index is 1190. The lowest BCUT2D eigenvalue weighted by Crippen LogP contribution is -2.15. The minimum absolute atomic E-state index is 0.0113. The number of sulfonamides is 1. The zero-order valence-electron chi connectivity index (χ0n) is 16.5. The Kier molecular flexibility index (Phi) is 6.94. The van der Waals surface area contributed by atoms with Crippen LogP contribution in [0.3, 0.4) is 0 Å². The summed E-state index contributed by atoms with van der Waals surface area (Å²) in [5.41, 5.74) is 1.39. The summed E-state index contributed by atoms with van der Waals surface area (Å²) >= 11 is 6.00. The van der Waals surface area contributed by atoms with Crippen LogP contribution in [-0.4, -0.2) is 26.9 Å². The maximum atomic E-state index is 12.6. The van der Waals surface area contributed by atoms with Crippen molar-refractivity contribution in [1.29, 1.82) is 0 Å². The SMILES string of the molecule is CCOC(=O)c1ccc(NC(=O)c2ccc(S(=O)(=O)Nc3ccccc3Cl)cc2)cc1. The molecule has 0 saturated carbocycles. The minimum atomic E-state index is -3.86. The van der Waals surface area contributed by atoms with E-state index in [1.54, 1.807) is 55.5 Å². The van der Waals surface area contributed by atoms with E-state index in [4.69, 9.17) is 16.3 Å². The van der Waals surface area contributed by atoms with Gasteiger partial charge in [0.05, 0.1) is 27.8 Å². The maximum absolute atomic E-state index is 12.6. The van der Waals surface area contributed by atoms with Gasteiger partial charge in [0.2, 0.25) is 0 Å². The average molecular weight is 459 g/mol. The van der Waals surface area contributed by atoms with E-state index in [1.807, 2.05) is 0 Å². The minimum Gasteiger partial charge on any atom is -0.462 e. The predicted molar refractivity (Wildman–Crippen MR) is 119 cm³/mol. The number of hydrogen-bond donors (Lipinski definition) is 2. The van der Waals surface area contributed by atoms with Crippen molar-refractivity contribution in [2.45, 2.75) is 11.8 Å². The number of nitrogens with one attached hydrogen (secondary N) is 2. The van der Waals surface area contributed by atoms with Crippen LogP contribution in [0.25, 0.3) is 0 Å². The van der Waals surface area contributed by atoms with E-state index >= 15 is 0 Å². The number of hydrogen-bond acceptors (Lipinski definition) is 5. The van der Waals surface area contributed by atoms with Crippen LogP contribution in [0.15, 0.2) is 77.7 Å². The third-order valence-corrected chi connectivity index (χ3v) is 5.91. The molecule has 0 fully saturated rings. The zero-order chi connectivity index (χ0) is 22.4. The van der Waals surface area contributed by atoms with Crippen LogP contribution in [0.5, 0.6) is 0 Å². The third-order valence-electron chi connectivity index (χ3n) is 4.20. The smallest absolute Gasteiger partial charge is 0.338 e. The number of benzene rings is 3. The summed E-state index contributed by atoms with van der Waals surface area (Å²) < 4.78 is 32.4. The van der Waals surface area contributed by atoms with E-state index in [1.165, 1.54) is 24.3 Å². The van der Waals surface area contributed by atoms with Crippen LogP contribution < -0.4 is 10.0 Å². The van der Waals surface area contributed by atoms with Crippen molar-refractivity contribution in [3.05, 3.63) is 88.9 Å². The molecule has 1 amide bonds. The summed E-state index contributed by atoms with van der Waals surface area (Å²) in [6.07, 6.45) is 0. The molecule has 3 aromatic rings. The Balaban J connectivity index is 1.68. The molecule has 0 aliphatic rings. The molecule has 9 heteroatoms. The Labute approximate surface area is 185 Å². The highest BCUT2D eigenvalue weighted by atomic mass is 35.5. The molecule has 0 aliphatic heterocycles. The van der Waals surface area contributed by atoms with Crippen molar-refractivity contribution in [3.63, 3.8) is 0 Å². The Morgan fingerprint density at radius 1 is 0.903 bits per heavy atom. The molecule has 0 heterocycles. The van der Waals surface area contributed by atoms with Crippen molar-refractivity contribution in [3.8, 4) is 0 Å². The molecule has 160 valence electrons. The van der Waals surface area contributed by atoms with E-state index in [9.17, 15) is 18.0 Å². The van der Waals surface area contributed by atoms with Gasteiger partial charge in [0, 0.05) is 11.3 Å². The Morgan fingerprint density at radius 2 is 1.52 bits per heavy atom. The molecule has 0 aliphatic carbocycles. The number of halogens is 1. The van der Waals surface area contributed by atoms with Gasteiger partial charge in [-0.3, -0.25) is 9.52 Å². The number of para-hydroxylation sites is 1. The van der Waals surface area contributed by atoms with Crippen LogP contribution in [0, 0.1) is 0 Å². The number of anilines is 2. The van der Waals surface area contributed by atoms with E-state index in [-0.39, 0.29) is 27.8 Å². The molecule has 7 nitrogen and oxygen atoms in total. The normalized spacial score (nSPS) is 10.9. The summed E-state index contributed by atoms with van der Waals surface area (Å²) in [6.45, 7) is 1.99. The van der Waals surface area contributed by atoms with Crippen molar-refractivity contribution >= 4 is 44.9 Å². The first-order chi connectivity index (χ1) is 14.8. The molecule has 3 aromatic carbocycles. The van der Waals surface area contributed by atoms with Crippen LogP contribution >= 0.6 is 11.6 Å². The number of carbonyl (C=O) groups excluding carboxylic acids is 2. The molecular formula is C22H19ClN2O5S. The van der Waals surface area contributed by atoms with Gasteiger partial charge in [-0.25, -0.2) is 13.2 Å². The maximum Gasteiger partial charge on any atom is 0.338 e. The summed E-state index contributed by atoms with van der Waals surface area (Å²) in [7, 11) is -3.86. The number of ether oxygens (including phenoxy) is 1. The van der Waals surface area contributed by atoms with Gasteiger partial charge in [0.1, 0.15) is 0 Å². The third kappa shape index (κ3) is 5.62. The molecule has 31 heavy (non-hydrogen) atoms. The fourth-order valence-corrected chi connectivity index (χ4v) is 3.96. The number of amides is 1. The zero-order valence-corrected chi connectivity index (χ0v) is 18.0. The van der Waals surface area contributed by atoms with Gasteiger partial charge in [-0.2, -0.15) is 0 Å². The van der Waals surface area contributed by atoms with Gasteiger partial charge in [-0.05, 0) is 67.6 Å². The standard InChI is InChI=1S/C22H19ClN2O5S/c1-2-30-22(27)16-7-11-17(12-8-16)24-21(26)15-9-13-18(14-10-15)31(28,29)25-20-6-4-3-5-19(20)23/h3-14,25H,2H2,1H3,(H,24,26). The molecule has 0 spiro atoms. The highest BCUT2D eigenvalue weighted by molar-refractivity contribution is 7.92. The van der Waals surface area contributed by atoms with Crippen LogP contribution in [-0.2, 0) is 14.8 Å². The van der Waals surface area contributed by atoms with E-state index < -0.39 is 21.9 Å². The lowest BCUT2D eigenvalue weighted by molar-refractivity contribution is 0.0526. The number of carbonyl (C=O) groups is 2. The van der Waals surface area contributed by atoms with E-state index in [2.05, 4.69) is 10.0 Å². The fraction of sp³-hybridized carbons (Fsp3) is 0.0909.